The number of halogens is 1. The molecule has 0 saturated heterocycles. The number of amides is 1. The second-order valence-electron chi connectivity index (χ2n) is 2.53. The number of rotatable bonds is 0. The van der Waals surface area contributed by atoms with Crippen LogP contribution in [0.5, 0.6) is 0 Å². The van der Waals surface area contributed by atoms with Gasteiger partial charge in [0.05, 0.1) is 28.1 Å². The summed E-state index contributed by atoms with van der Waals surface area (Å²) < 4.78 is 0.417. The van der Waals surface area contributed by atoms with Crippen LogP contribution in [0.1, 0.15) is 6.92 Å². The van der Waals surface area contributed by atoms with Gasteiger partial charge in [0.15, 0.2) is 0 Å². The third-order valence-electron chi connectivity index (χ3n) is 0.945. The molecular formula is C5H17BrN2O2. The smallest absolute Gasteiger partial charge is 0.309 e. The zero-order chi connectivity index (χ0) is 6.08. The molecule has 0 rings (SSSR count). The minimum atomic E-state index is 0. The summed E-state index contributed by atoms with van der Waals surface area (Å²) in [5.74, 6) is 0.181. The van der Waals surface area contributed by atoms with Crippen molar-refractivity contribution >= 4 is 5.91 Å². The molecule has 5 N–H and O–H groups in total. The van der Waals surface area contributed by atoms with E-state index in [1.165, 1.54) is 0 Å². The van der Waals surface area contributed by atoms with Gasteiger partial charge >= 0.3 is 5.91 Å². The Morgan fingerprint density at radius 1 is 1.20 bits per heavy atom. The molecule has 0 aliphatic heterocycles. The first kappa shape index (κ1) is 22.5. The van der Waals surface area contributed by atoms with Crippen LogP contribution in [0.25, 0.3) is 0 Å². The predicted molar refractivity (Wildman–Crippen MR) is 37.3 cm³/mol. The molecule has 0 atom stereocenters. The predicted octanol–water partition coefficient (Wildman–Crippen LogP) is -3.42. The minimum Gasteiger partial charge on any atom is -1.00 e. The summed E-state index contributed by atoms with van der Waals surface area (Å²) >= 11 is 0. The number of quaternary nitrogens is 1. The molecule has 10 heavy (non-hydrogen) atoms. The molecule has 0 aromatic rings. The van der Waals surface area contributed by atoms with Gasteiger partial charge < -0.3 is 28.6 Å². The topological polar surface area (TPSA) is 83.6 Å². The van der Waals surface area contributed by atoms with E-state index in [0.717, 1.165) is 0 Å². The fourth-order valence-electron chi connectivity index (χ4n) is 0. The number of carbonyl (C=O) groups excluding carboxylic acids is 1. The normalized spacial score (nSPS) is 8.00. The lowest BCUT2D eigenvalue weighted by Crippen LogP contribution is -3.00. The highest BCUT2D eigenvalue weighted by atomic mass is 79.9. The molecule has 0 spiro atoms. The van der Waals surface area contributed by atoms with Gasteiger partial charge in [0.1, 0.15) is 0 Å². The molecule has 0 unspecified atom stereocenters. The molecule has 0 aromatic heterocycles. The van der Waals surface area contributed by atoms with Crippen molar-refractivity contribution in [1.29, 1.82) is 0 Å². The number of nitrogens with zero attached hydrogens (tertiary/aromatic N) is 1. The lowest BCUT2D eigenvalue weighted by molar-refractivity contribution is -0.791. The standard InChI is InChI=1S/C5H12NO.BrH.H3N.H2O/c1-5(7)6(2,3)4;;;/h1-4H3;1H;1H3;1H2/q+1;;;/p-1. The van der Waals surface area contributed by atoms with Crippen molar-refractivity contribution in [2.24, 2.45) is 0 Å². The van der Waals surface area contributed by atoms with Crippen LogP contribution in [-0.4, -0.2) is 37.0 Å². The quantitative estimate of drug-likeness (QED) is 0.428. The Kier molecular flexibility index (Phi) is 16.1. The van der Waals surface area contributed by atoms with E-state index >= 15 is 0 Å². The van der Waals surface area contributed by atoms with E-state index in [9.17, 15) is 4.79 Å². The van der Waals surface area contributed by atoms with Crippen molar-refractivity contribution < 1.29 is 31.7 Å². The highest BCUT2D eigenvalue weighted by Crippen LogP contribution is 1.87. The van der Waals surface area contributed by atoms with Crippen LogP contribution >= 0.6 is 0 Å². The number of hydrogen-bond donors (Lipinski definition) is 1. The van der Waals surface area contributed by atoms with Crippen LogP contribution < -0.4 is 23.1 Å². The Hall–Kier alpha value is 0.0300. The van der Waals surface area contributed by atoms with Crippen molar-refractivity contribution in [2.75, 3.05) is 21.1 Å². The van der Waals surface area contributed by atoms with E-state index in [0.29, 0.717) is 4.48 Å². The average Bonchev–Trinajstić information content (AvgIpc) is 1.31. The van der Waals surface area contributed by atoms with Gasteiger partial charge in [-0.2, -0.15) is 0 Å². The van der Waals surface area contributed by atoms with Gasteiger partial charge in [0.25, 0.3) is 0 Å². The molecule has 0 fully saturated rings. The molecule has 0 heterocycles. The molecule has 0 bridgehead atoms. The van der Waals surface area contributed by atoms with Crippen molar-refractivity contribution in [3.63, 3.8) is 0 Å². The first-order chi connectivity index (χ1) is 2.94. The maximum atomic E-state index is 10.4. The minimum absolute atomic E-state index is 0. The number of carbonyl (C=O) groups is 1. The Bertz CT molecular complexity index is 90.1. The first-order valence-corrected chi connectivity index (χ1v) is 2.27. The fourth-order valence-corrected chi connectivity index (χ4v) is 0. The molecule has 0 aliphatic carbocycles. The van der Waals surface area contributed by atoms with Gasteiger partial charge in [-0.1, -0.05) is 0 Å². The number of hydrogen-bond acceptors (Lipinski definition) is 2. The second kappa shape index (κ2) is 7.14. The van der Waals surface area contributed by atoms with Gasteiger partial charge in [-0.3, -0.25) is 4.48 Å². The lowest BCUT2D eigenvalue weighted by atomic mass is 10.5. The van der Waals surface area contributed by atoms with E-state index in [1.807, 2.05) is 21.1 Å². The van der Waals surface area contributed by atoms with Gasteiger partial charge in [0.2, 0.25) is 0 Å². The molecule has 0 aliphatic rings. The molecule has 66 valence electrons. The van der Waals surface area contributed by atoms with E-state index in [1.54, 1.807) is 6.92 Å². The highest BCUT2D eigenvalue weighted by Gasteiger charge is 2.11. The van der Waals surface area contributed by atoms with E-state index in [-0.39, 0.29) is 34.5 Å². The monoisotopic (exact) mass is 216 g/mol. The van der Waals surface area contributed by atoms with Crippen molar-refractivity contribution in [3.8, 4) is 0 Å². The Morgan fingerprint density at radius 2 is 1.30 bits per heavy atom. The summed E-state index contributed by atoms with van der Waals surface area (Å²) in [7, 11) is 5.55. The summed E-state index contributed by atoms with van der Waals surface area (Å²) in [6.07, 6.45) is 0. The zero-order valence-electron chi connectivity index (χ0n) is 6.94. The lowest BCUT2D eigenvalue weighted by Gasteiger charge is -2.17. The van der Waals surface area contributed by atoms with Gasteiger partial charge in [-0.05, 0) is 0 Å². The maximum absolute atomic E-state index is 10.4. The molecule has 0 saturated carbocycles. The third-order valence-corrected chi connectivity index (χ3v) is 0.945. The summed E-state index contributed by atoms with van der Waals surface area (Å²) in [5.41, 5.74) is 0. The third kappa shape index (κ3) is 10.9. The summed E-state index contributed by atoms with van der Waals surface area (Å²) in [5, 5.41) is 0. The van der Waals surface area contributed by atoms with Crippen LogP contribution in [0.15, 0.2) is 0 Å². The average molecular weight is 217 g/mol. The van der Waals surface area contributed by atoms with Crippen LogP contribution in [0.3, 0.4) is 0 Å². The van der Waals surface area contributed by atoms with Gasteiger partial charge in [-0.25, -0.2) is 4.79 Å². The van der Waals surface area contributed by atoms with E-state index in [4.69, 9.17) is 0 Å². The van der Waals surface area contributed by atoms with Crippen LogP contribution in [0, 0.1) is 0 Å². The SMILES string of the molecule is CC(=O)[N+](C)(C)C.N.O.[Br-]. The Balaban J connectivity index is -0.0000000600. The van der Waals surface area contributed by atoms with Crippen molar-refractivity contribution in [3.05, 3.63) is 0 Å². The molecule has 0 aromatic carbocycles. The molecule has 0 radical (unpaired) electrons. The van der Waals surface area contributed by atoms with Crippen LogP contribution in [0.4, 0.5) is 0 Å². The largest absolute Gasteiger partial charge is 1.00 e. The molecule has 5 heteroatoms. The highest BCUT2D eigenvalue weighted by molar-refractivity contribution is 5.64. The molecule has 1 amide bonds. The summed E-state index contributed by atoms with van der Waals surface area (Å²) in [6.45, 7) is 1.58. The van der Waals surface area contributed by atoms with Crippen molar-refractivity contribution in [1.82, 2.24) is 6.15 Å². The van der Waals surface area contributed by atoms with Gasteiger partial charge in [0, 0.05) is 0 Å². The van der Waals surface area contributed by atoms with Gasteiger partial charge in [-0.15, -0.1) is 0 Å². The summed E-state index contributed by atoms with van der Waals surface area (Å²) in [6, 6.07) is 0. The fraction of sp³-hybridized carbons (Fsp3) is 0.800. The molecular weight excluding hydrogens is 200 g/mol. The van der Waals surface area contributed by atoms with E-state index < -0.39 is 0 Å². The zero-order valence-corrected chi connectivity index (χ0v) is 8.53. The van der Waals surface area contributed by atoms with Crippen molar-refractivity contribution in [2.45, 2.75) is 6.92 Å². The second-order valence-corrected chi connectivity index (χ2v) is 2.53. The van der Waals surface area contributed by atoms with Crippen LogP contribution in [0.2, 0.25) is 0 Å². The molecule has 4 nitrogen and oxygen atoms in total. The Morgan fingerprint density at radius 3 is 1.30 bits per heavy atom. The van der Waals surface area contributed by atoms with E-state index in [2.05, 4.69) is 0 Å². The summed E-state index contributed by atoms with van der Waals surface area (Å²) in [4.78, 5) is 10.4. The first-order valence-electron chi connectivity index (χ1n) is 2.27. The van der Waals surface area contributed by atoms with Crippen LogP contribution in [-0.2, 0) is 4.79 Å². The maximum Gasteiger partial charge on any atom is 0.309 e. The Labute approximate surface area is 72.5 Å².